The van der Waals surface area contributed by atoms with Gasteiger partial charge in [0, 0.05) is 0 Å². The third-order valence-corrected chi connectivity index (χ3v) is 34.5. The maximum Gasteiger partial charge on any atom is -0.147 e. The summed E-state index contributed by atoms with van der Waals surface area (Å²) in [7, 11) is 0. The van der Waals surface area contributed by atoms with Crippen molar-refractivity contribution in [3.63, 3.8) is 0 Å². The van der Waals surface area contributed by atoms with Gasteiger partial charge in [0.15, 0.2) is 0 Å². The Morgan fingerprint density at radius 2 is 0.972 bits per heavy atom. The average Bonchev–Trinajstić information content (AvgIpc) is 3.69. The summed E-state index contributed by atoms with van der Waals surface area (Å²) in [6, 6.07) is 14.7. The Labute approximate surface area is 234 Å². The number of allylic oxidation sites excluding steroid dienone is 2. The van der Waals surface area contributed by atoms with Gasteiger partial charge in [-0.05, 0) is 0 Å². The SMILES string of the molecule is CC(C)C1=Cc2c(C3CC3)cccc2[CH]1[Hf]([CH3])([CH3])(=[SiH2])[CH]1C(C(C)C)=Cc2c(C3CC3)cccc21.Cl.Cl. The van der Waals surface area contributed by atoms with Gasteiger partial charge in [-0.25, -0.2) is 0 Å². The molecule has 2 aromatic rings. The van der Waals surface area contributed by atoms with Crippen LogP contribution in [0.2, 0.25) is 9.36 Å². The van der Waals surface area contributed by atoms with Crippen LogP contribution in [-0.4, -0.2) is 6.94 Å². The maximum atomic E-state index is 2.83. The van der Waals surface area contributed by atoms with Gasteiger partial charge in [0.2, 0.25) is 0 Å². The fourth-order valence-electron chi connectivity index (χ4n) is 7.68. The molecule has 0 spiro atoms. The summed E-state index contributed by atoms with van der Waals surface area (Å²) < 4.78 is 6.98. The first kappa shape index (κ1) is 28.6. The molecule has 4 aliphatic carbocycles. The molecule has 0 saturated heterocycles. The van der Waals surface area contributed by atoms with Crippen molar-refractivity contribution in [2.24, 2.45) is 11.8 Å². The molecule has 0 aliphatic heterocycles. The van der Waals surface area contributed by atoms with E-state index in [1.807, 2.05) is 0 Å². The molecule has 2 atom stereocenters. The quantitative estimate of drug-likeness (QED) is 0.263. The van der Waals surface area contributed by atoms with E-state index < -0.39 is 17.1 Å². The van der Waals surface area contributed by atoms with Gasteiger partial charge in [-0.15, -0.1) is 24.8 Å². The van der Waals surface area contributed by atoms with E-state index in [9.17, 15) is 0 Å². The summed E-state index contributed by atoms with van der Waals surface area (Å²) in [4.78, 5) is 0. The van der Waals surface area contributed by atoms with Crippen LogP contribution in [0.3, 0.4) is 0 Å². The fraction of sp³-hybridized carbons (Fsp3) is 0.500. The summed E-state index contributed by atoms with van der Waals surface area (Å²) in [5, 5.41) is 0. The van der Waals surface area contributed by atoms with Crippen molar-refractivity contribution in [3.05, 3.63) is 80.9 Å². The summed E-state index contributed by atoms with van der Waals surface area (Å²) in [6.45, 7) is 12.3. The third kappa shape index (κ3) is 4.44. The van der Waals surface area contributed by atoms with Gasteiger partial charge in [0.25, 0.3) is 0 Å². The second kappa shape index (κ2) is 9.65. The second-order valence-electron chi connectivity index (χ2n) is 13.6. The first-order valence-corrected chi connectivity index (χ1v) is 33.5. The van der Waals surface area contributed by atoms with Crippen LogP contribution in [-0.2, 0) is 17.1 Å². The minimum Gasteiger partial charge on any atom is -0.147 e. The number of rotatable bonds is 6. The van der Waals surface area contributed by atoms with E-state index in [0.29, 0.717) is 19.2 Å². The minimum atomic E-state index is -3.60. The summed E-state index contributed by atoms with van der Waals surface area (Å²) in [6.07, 6.45) is 10.9. The maximum absolute atomic E-state index is 3.60. The van der Waals surface area contributed by atoms with Crippen molar-refractivity contribution in [3.8, 4) is 0 Å². The van der Waals surface area contributed by atoms with E-state index in [-0.39, 0.29) is 24.8 Å². The Morgan fingerprint density at radius 3 is 1.28 bits per heavy atom. The van der Waals surface area contributed by atoms with Gasteiger partial charge < -0.3 is 0 Å². The van der Waals surface area contributed by atoms with Crippen LogP contribution in [0.1, 0.15) is 106 Å². The fourth-order valence-corrected chi connectivity index (χ4v) is 36.3. The molecule has 2 aromatic carbocycles. The molecule has 0 radical (unpaired) electrons. The Bertz CT molecular complexity index is 1220. The Morgan fingerprint density at radius 1 is 0.639 bits per heavy atom. The monoisotopic (exact) mass is 706 g/mol. The van der Waals surface area contributed by atoms with E-state index in [2.05, 4.69) is 92.5 Å². The van der Waals surface area contributed by atoms with E-state index >= 15 is 0 Å². The van der Waals surface area contributed by atoms with Crippen LogP contribution in [0.25, 0.3) is 12.2 Å². The van der Waals surface area contributed by atoms with Crippen LogP contribution in [0, 0.1) is 11.8 Å². The van der Waals surface area contributed by atoms with Gasteiger partial charge in [-0.2, -0.15) is 0 Å². The van der Waals surface area contributed by atoms with Gasteiger partial charge >= 0.3 is 211 Å². The molecular weight excluding hydrogens is 662 g/mol. The van der Waals surface area contributed by atoms with Crippen molar-refractivity contribution in [1.82, 2.24) is 0 Å². The predicted molar refractivity (Wildman–Crippen MR) is 163 cm³/mol. The zero-order valence-corrected chi connectivity index (χ0v) is 29.6. The Balaban J connectivity index is 0.00000152. The number of halogens is 2. The third-order valence-electron chi connectivity index (χ3n) is 9.52. The van der Waals surface area contributed by atoms with Crippen molar-refractivity contribution >= 4 is 43.9 Å². The van der Waals surface area contributed by atoms with E-state index in [1.165, 1.54) is 25.7 Å². The molecule has 0 bridgehead atoms. The van der Waals surface area contributed by atoms with Crippen LogP contribution < -0.4 is 0 Å². The molecule has 0 nitrogen and oxygen atoms in total. The number of fused-ring (bicyclic) bond motifs is 2. The van der Waals surface area contributed by atoms with Gasteiger partial charge in [-0.1, -0.05) is 0 Å². The zero-order chi connectivity index (χ0) is 24.0. The molecule has 0 aromatic heterocycles. The van der Waals surface area contributed by atoms with E-state index in [0.717, 1.165) is 11.8 Å². The Hall–Kier alpha value is -0.413. The number of hydrogen-bond donors (Lipinski definition) is 0. The molecule has 6 rings (SSSR count). The van der Waals surface area contributed by atoms with Crippen LogP contribution in [0.15, 0.2) is 47.5 Å². The van der Waals surface area contributed by atoms with Crippen molar-refractivity contribution < 1.29 is 17.1 Å². The van der Waals surface area contributed by atoms with Crippen LogP contribution in [0.5, 0.6) is 0 Å². The van der Waals surface area contributed by atoms with Gasteiger partial charge in [0.05, 0.1) is 0 Å². The van der Waals surface area contributed by atoms with Crippen molar-refractivity contribution in [2.45, 2.75) is 81.9 Å². The van der Waals surface area contributed by atoms with Crippen LogP contribution in [0.4, 0.5) is 0 Å². The smallest absolute Gasteiger partial charge is 0.147 e. The zero-order valence-electron chi connectivity index (χ0n) is 22.9. The predicted octanol–water partition coefficient (Wildman–Crippen LogP) is 9.51. The first-order chi connectivity index (χ1) is 16.1. The van der Waals surface area contributed by atoms with Gasteiger partial charge in [0.1, 0.15) is 0 Å². The molecule has 36 heavy (non-hydrogen) atoms. The summed E-state index contributed by atoms with van der Waals surface area (Å²) in [5.41, 5.74) is 13.4. The number of benzene rings is 2. The summed E-state index contributed by atoms with van der Waals surface area (Å²) >= 11 is -3.60. The van der Waals surface area contributed by atoms with Gasteiger partial charge in [-0.3, -0.25) is 0 Å². The largest absolute Gasteiger partial charge is 0.147 e. The molecule has 4 heteroatoms. The number of hydrogen-bond acceptors (Lipinski definition) is 0. The molecule has 2 fully saturated rings. The first-order valence-electron chi connectivity index (χ1n) is 13.8. The molecule has 0 heterocycles. The molecular formula is C32H44Cl2HfSi. The standard InChI is InChI=1S/2C15H17.2CH3.2ClH.Hf.H2Si/c2*1-10(2)13-8-12-4-3-5-14(11-6-7-11)15(12)9-13;;;;;;/h2*3-5,8-11H,6-7H2,1-2H3;2*1H3;2*1H;;1H2. The van der Waals surface area contributed by atoms with E-state index in [1.54, 1.807) is 44.5 Å². The molecule has 0 N–H and O–H groups in total. The Kier molecular flexibility index (Phi) is 7.66. The second-order valence-corrected chi connectivity index (χ2v) is 57.2. The topological polar surface area (TPSA) is 0 Å². The van der Waals surface area contributed by atoms with E-state index in [4.69, 9.17) is 0 Å². The molecule has 0 amide bonds. The van der Waals surface area contributed by atoms with Crippen molar-refractivity contribution in [1.29, 1.82) is 0 Å². The summed E-state index contributed by atoms with van der Waals surface area (Å²) in [5.74, 6) is 2.84. The molecule has 2 saturated carbocycles. The van der Waals surface area contributed by atoms with Crippen LogP contribution >= 0.6 is 24.8 Å². The molecule has 194 valence electrons. The van der Waals surface area contributed by atoms with Crippen molar-refractivity contribution in [2.75, 3.05) is 0 Å². The molecule has 4 aliphatic rings. The minimum absolute atomic E-state index is 0. The average molecular weight is 706 g/mol. The normalized spacial score (nSPS) is 23.0. The molecule has 2 unspecified atom stereocenters.